The number of hydrogen-bond acceptors (Lipinski definition) is 13. The van der Waals surface area contributed by atoms with Crippen molar-refractivity contribution in [2.75, 3.05) is 33.5 Å². The van der Waals surface area contributed by atoms with Crippen LogP contribution in [0.4, 0.5) is 0 Å². The van der Waals surface area contributed by atoms with Gasteiger partial charge in [-0.25, -0.2) is 9.97 Å². The second kappa shape index (κ2) is 18.7. The molecule has 57 heavy (non-hydrogen) atoms. The zero-order valence-corrected chi connectivity index (χ0v) is 32.9. The lowest BCUT2D eigenvalue weighted by Gasteiger charge is -2.21. The quantitative estimate of drug-likeness (QED) is 0.0851. The summed E-state index contributed by atoms with van der Waals surface area (Å²) in [6.07, 6.45) is 3.43. The second-order valence-electron chi connectivity index (χ2n) is 13.9. The maximum atomic E-state index is 11.7. The Bertz CT molecular complexity index is 2200. The third kappa shape index (κ3) is 11.1. The van der Waals surface area contributed by atoms with E-state index in [9.17, 15) is 9.59 Å². The number of carboxylic acid groups (broad SMARTS) is 1. The van der Waals surface area contributed by atoms with Crippen molar-refractivity contribution in [1.82, 2.24) is 40.3 Å². The molecule has 0 spiro atoms. The first-order valence-electron chi connectivity index (χ1n) is 18.1. The molecule has 6 aromatic rings. The van der Waals surface area contributed by atoms with Gasteiger partial charge in [-0.15, -0.1) is 10.2 Å². The molecule has 0 saturated heterocycles. The van der Waals surface area contributed by atoms with Gasteiger partial charge in [0.15, 0.2) is 11.6 Å². The van der Waals surface area contributed by atoms with Crippen molar-refractivity contribution in [2.24, 2.45) is 10.8 Å². The molecule has 4 heterocycles. The van der Waals surface area contributed by atoms with Crippen LogP contribution < -0.4 is 18.9 Å². The maximum absolute atomic E-state index is 11.7. The maximum Gasteiger partial charge on any atom is 0.335 e. The van der Waals surface area contributed by atoms with Crippen LogP contribution in [0, 0.1) is 10.8 Å². The summed E-state index contributed by atoms with van der Waals surface area (Å²) in [6, 6.07) is 23.6. The number of esters is 1. The average Bonchev–Trinajstić information content (AvgIpc) is 3.90. The van der Waals surface area contributed by atoms with Crippen molar-refractivity contribution in [3.63, 3.8) is 0 Å². The zero-order chi connectivity index (χ0) is 41.0. The van der Waals surface area contributed by atoms with Gasteiger partial charge in [-0.3, -0.25) is 19.8 Å². The van der Waals surface area contributed by atoms with E-state index in [4.69, 9.17) is 28.8 Å². The third-order valence-electron chi connectivity index (χ3n) is 8.41. The smallest absolute Gasteiger partial charge is 0.335 e. The topological polar surface area (TPSA) is 209 Å². The van der Waals surface area contributed by atoms with E-state index in [2.05, 4.69) is 40.3 Å². The van der Waals surface area contributed by atoms with Gasteiger partial charge in [-0.1, -0.05) is 48.5 Å². The summed E-state index contributed by atoms with van der Waals surface area (Å²) in [6.45, 7) is 11.8. The number of carbonyl (C=O) groups excluding carboxylic acids is 1. The Balaban J connectivity index is 0.000000218. The van der Waals surface area contributed by atoms with Gasteiger partial charge in [0.05, 0.1) is 31.2 Å². The fraction of sp³-hybridized carbons (Fsp3) is 0.317. The minimum absolute atomic E-state index is 0.0459. The number of nitrogens with one attached hydrogen (secondary N) is 2. The molecule has 0 saturated carbocycles. The average molecular weight is 779 g/mol. The van der Waals surface area contributed by atoms with Crippen molar-refractivity contribution in [2.45, 2.75) is 41.5 Å². The van der Waals surface area contributed by atoms with Crippen LogP contribution in [0.5, 0.6) is 23.8 Å². The molecule has 0 fully saturated rings. The Morgan fingerprint density at radius 3 is 1.32 bits per heavy atom. The molecule has 0 bridgehead atoms. The largest absolute Gasteiger partial charge is 0.481 e. The predicted octanol–water partition coefficient (Wildman–Crippen LogP) is 6.93. The standard InChI is InChI=1S/C21H24N4O4.C20H22N4O4/c1-5-28-20-23-18(24-25-20)15-8-6-14(7-9-15)16-10-11-17(22-12-16)29-13-21(2,3)19(26)27-4;1-4-27-19-22-17(23-24-19)14-7-5-13(6-8-14)15-9-10-16(21-11-15)28-12-20(2,3)18(25)26/h6-12H,5,13H2,1-4H3,(H,23,24,25);5-11H,4,12H2,1-3H3,(H,25,26)(H,22,23,24). The van der Waals surface area contributed by atoms with Crippen molar-refractivity contribution in [3.8, 4) is 68.8 Å². The molecule has 298 valence electrons. The van der Waals surface area contributed by atoms with E-state index in [1.807, 2.05) is 74.5 Å². The Kier molecular flexibility index (Phi) is 13.5. The summed E-state index contributed by atoms with van der Waals surface area (Å²) in [7, 11) is 1.36. The molecular formula is C41H46N8O8. The van der Waals surface area contributed by atoms with Crippen LogP contribution >= 0.6 is 0 Å². The summed E-state index contributed by atoms with van der Waals surface area (Å²) in [5.41, 5.74) is 3.95. The number of benzene rings is 2. The van der Waals surface area contributed by atoms with Crippen molar-refractivity contribution in [3.05, 3.63) is 85.2 Å². The van der Waals surface area contributed by atoms with Gasteiger partial charge in [0.1, 0.15) is 13.2 Å². The summed E-state index contributed by atoms with van der Waals surface area (Å²) in [5, 5.41) is 22.9. The van der Waals surface area contributed by atoms with Crippen LogP contribution in [0.15, 0.2) is 85.2 Å². The van der Waals surface area contributed by atoms with Crippen LogP contribution in [0.2, 0.25) is 0 Å². The van der Waals surface area contributed by atoms with Gasteiger partial charge in [0, 0.05) is 46.8 Å². The highest BCUT2D eigenvalue weighted by molar-refractivity contribution is 5.76. The molecule has 2 aromatic carbocycles. The molecule has 3 N–H and O–H groups in total. The van der Waals surface area contributed by atoms with E-state index in [1.165, 1.54) is 7.11 Å². The van der Waals surface area contributed by atoms with Crippen molar-refractivity contribution >= 4 is 11.9 Å². The first-order chi connectivity index (χ1) is 27.3. The first kappa shape index (κ1) is 41.3. The number of methoxy groups -OCH3 is 1. The Hall–Kier alpha value is -6.84. The number of nitrogens with zero attached hydrogens (tertiary/aromatic N) is 6. The lowest BCUT2D eigenvalue weighted by atomic mass is 9.95. The predicted molar refractivity (Wildman–Crippen MR) is 211 cm³/mol. The molecule has 16 heteroatoms. The molecule has 0 unspecified atom stereocenters. The normalized spacial score (nSPS) is 11.2. The fourth-order valence-electron chi connectivity index (χ4n) is 4.96. The van der Waals surface area contributed by atoms with Crippen molar-refractivity contribution in [1.29, 1.82) is 0 Å². The van der Waals surface area contributed by atoms with Gasteiger partial charge in [0.25, 0.3) is 0 Å². The van der Waals surface area contributed by atoms with E-state index < -0.39 is 16.8 Å². The van der Waals surface area contributed by atoms with Crippen LogP contribution in [0.1, 0.15) is 41.5 Å². The number of pyridine rings is 2. The number of aromatic nitrogens is 8. The van der Waals surface area contributed by atoms with E-state index in [0.717, 1.165) is 33.4 Å². The number of carboxylic acids is 1. The highest BCUT2D eigenvalue weighted by Crippen LogP contribution is 2.27. The minimum Gasteiger partial charge on any atom is -0.481 e. The Labute approximate surface area is 330 Å². The molecule has 16 nitrogen and oxygen atoms in total. The number of hydrogen-bond donors (Lipinski definition) is 3. The first-order valence-corrected chi connectivity index (χ1v) is 18.1. The van der Waals surface area contributed by atoms with Gasteiger partial charge in [-0.05, 0) is 64.8 Å². The number of ether oxygens (including phenoxy) is 5. The highest BCUT2D eigenvalue weighted by atomic mass is 16.5. The highest BCUT2D eigenvalue weighted by Gasteiger charge is 2.30. The molecule has 0 atom stereocenters. The number of H-pyrrole nitrogens is 2. The van der Waals surface area contributed by atoms with E-state index in [1.54, 1.807) is 52.2 Å². The summed E-state index contributed by atoms with van der Waals surface area (Å²) >= 11 is 0. The molecule has 0 aliphatic rings. The zero-order valence-electron chi connectivity index (χ0n) is 32.9. The molecule has 4 aromatic heterocycles. The molecule has 0 radical (unpaired) electrons. The minimum atomic E-state index is -0.973. The van der Waals surface area contributed by atoms with E-state index >= 15 is 0 Å². The number of aromatic amines is 2. The van der Waals surface area contributed by atoms with Crippen LogP contribution in [0.3, 0.4) is 0 Å². The van der Waals surface area contributed by atoms with Gasteiger partial charge >= 0.3 is 24.0 Å². The van der Waals surface area contributed by atoms with Gasteiger partial charge in [0.2, 0.25) is 11.8 Å². The van der Waals surface area contributed by atoms with Crippen LogP contribution in [-0.2, 0) is 14.3 Å². The van der Waals surface area contributed by atoms with E-state index in [0.29, 0.717) is 48.6 Å². The molecule has 0 amide bonds. The third-order valence-corrected chi connectivity index (χ3v) is 8.41. The summed E-state index contributed by atoms with van der Waals surface area (Å²) in [5.74, 6) is 0.888. The number of rotatable bonds is 16. The molecule has 0 aliphatic heterocycles. The van der Waals surface area contributed by atoms with E-state index in [-0.39, 0.29) is 19.2 Å². The lowest BCUT2D eigenvalue weighted by molar-refractivity contribution is -0.152. The SMILES string of the molecule is CCOc1n[nH]c(-c2ccc(-c3ccc(OCC(C)(C)C(=O)O)nc3)cc2)n1.CCOc1n[nH]c(-c2ccc(-c3ccc(OCC(C)(C)C(=O)OC)nc3)cc2)n1. The molecule has 6 rings (SSSR count). The fourth-order valence-corrected chi connectivity index (χ4v) is 4.96. The van der Waals surface area contributed by atoms with Gasteiger partial charge < -0.3 is 28.8 Å². The number of aliphatic carboxylic acids is 1. The summed E-state index contributed by atoms with van der Waals surface area (Å²) in [4.78, 5) is 40.0. The molecular weight excluding hydrogens is 732 g/mol. The summed E-state index contributed by atoms with van der Waals surface area (Å²) < 4.78 is 26.5. The molecule has 0 aliphatic carbocycles. The monoisotopic (exact) mass is 778 g/mol. The van der Waals surface area contributed by atoms with Gasteiger partial charge in [-0.2, -0.15) is 9.97 Å². The number of carbonyl (C=O) groups is 2. The Morgan fingerprint density at radius 2 is 0.965 bits per heavy atom. The van der Waals surface area contributed by atoms with Crippen LogP contribution in [0.25, 0.3) is 45.0 Å². The Morgan fingerprint density at radius 1 is 0.579 bits per heavy atom. The van der Waals surface area contributed by atoms with Crippen LogP contribution in [-0.4, -0.2) is 90.9 Å². The lowest BCUT2D eigenvalue weighted by Crippen LogP contribution is -2.32. The second-order valence-corrected chi connectivity index (χ2v) is 13.9. The van der Waals surface area contributed by atoms with Crippen molar-refractivity contribution < 1.29 is 38.4 Å².